The average molecular weight is 242 g/mol. The zero-order valence-corrected chi connectivity index (χ0v) is 11.5. The lowest BCUT2D eigenvalue weighted by atomic mass is 10.1. The second kappa shape index (κ2) is 6.36. The molecule has 1 fully saturated rings. The molecule has 1 atom stereocenters. The highest BCUT2D eigenvalue weighted by Gasteiger charge is 2.27. The van der Waals surface area contributed by atoms with E-state index in [2.05, 4.69) is 32.6 Å². The van der Waals surface area contributed by atoms with Crippen LogP contribution in [0.1, 0.15) is 34.1 Å². The van der Waals surface area contributed by atoms with Gasteiger partial charge in [-0.15, -0.1) is 0 Å². The molecular formula is C13H26N2O2. The Hall–Kier alpha value is -0.610. The Kier molecular flexibility index (Phi) is 5.40. The van der Waals surface area contributed by atoms with Gasteiger partial charge in [-0.05, 0) is 46.6 Å². The van der Waals surface area contributed by atoms with E-state index >= 15 is 0 Å². The molecule has 1 saturated heterocycles. The third-order valence-electron chi connectivity index (χ3n) is 3.39. The first kappa shape index (κ1) is 14.5. The smallest absolute Gasteiger partial charge is 0.237 e. The molecule has 0 aromatic rings. The monoisotopic (exact) mass is 242 g/mol. The molecule has 0 bridgehead atoms. The van der Waals surface area contributed by atoms with Crippen LogP contribution < -0.4 is 0 Å². The second-order valence-corrected chi connectivity index (χ2v) is 5.56. The lowest BCUT2D eigenvalue weighted by Crippen LogP contribution is -2.46. The average Bonchev–Trinajstić information content (AvgIpc) is 2.64. The summed E-state index contributed by atoms with van der Waals surface area (Å²) >= 11 is 0. The van der Waals surface area contributed by atoms with E-state index in [-0.39, 0.29) is 24.6 Å². The Morgan fingerprint density at radius 1 is 1.35 bits per heavy atom. The van der Waals surface area contributed by atoms with E-state index in [0.717, 1.165) is 19.5 Å². The van der Waals surface area contributed by atoms with Crippen LogP contribution >= 0.6 is 0 Å². The zero-order chi connectivity index (χ0) is 13.0. The van der Waals surface area contributed by atoms with Gasteiger partial charge in [-0.2, -0.15) is 0 Å². The van der Waals surface area contributed by atoms with Gasteiger partial charge in [-0.25, -0.2) is 0 Å². The third kappa shape index (κ3) is 3.96. The lowest BCUT2D eigenvalue weighted by molar-refractivity contribution is -0.135. The number of hydrogen-bond donors (Lipinski definition) is 1. The maximum atomic E-state index is 12.2. The van der Waals surface area contributed by atoms with E-state index in [1.807, 2.05) is 4.90 Å². The molecule has 1 aliphatic heterocycles. The fourth-order valence-electron chi connectivity index (χ4n) is 2.65. The summed E-state index contributed by atoms with van der Waals surface area (Å²) in [6, 6.07) is 0.498. The molecule has 4 heteroatoms. The van der Waals surface area contributed by atoms with Crippen molar-refractivity contribution in [1.29, 1.82) is 0 Å². The van der Waals surface area contributed by atoms with Gasteiger partial charge in [0, 0.05) is 25.2 Å². The van der Waals surface area contributed by atoms with Crippen LogP contribution in [0.25, 0.3) is 0 Å². The van der Waals surface area contributed by atoms with Crippen molar-refractivity contribution in [2.24, 2.45) is 5.92 Å². The molecule has 1 rings (SSSR count). The molecule has 0 aromatic heterocycles. The van der Waals surface area contributed by atoms with Crippen molar-refractivity contribution in [2.75, 3.05) is 26.2 Å². The van der Waals surface area contributed by atoms with E-state index in [0.29, 0.717) is 12.5 Å². The van der Waals surface area contributed by atoms with Crippen LogP contribution in [-0.2, 0) is 4.79 Å². The van der Waals surface area contributed by atoms with Gasteiger partial charge in [0.15, 0.2) is 0 Å². The fraction of sp³-hybridized carbons (Fsp3) is 0.923. The van der Waals surface area contributed by atoms with E-state index in [4.69, 9.17) is 5.11 Å². The van der Waals surface area contributed by atoms with Gasteiger partial charge >= 0.3 is 0 Å². The van der Waals surface area contributed by atoms with E-state index in [1.165, 1.54) is 0 Å². The Balaban J connectivity index is 2.48. The van der Waals surface area contributed by atoms with Crippen LogP contribution in [0, 0.1) is 5.92 Å². The highest BCUT2D eigenvalue weighted by molar-refractivity contribution is 5.78. The number of likely N-dealkylation sites (tertiary alicyclic amines) is 1. The maximum absolute atomic E-state index is 12.2. The second-order valence-electron chi connectivity index (χ2n) is 5.56. The summed E-state index contributed by atoms with van der Waals surface area (Å²) in [6.07, 6.45) is 1.01. The Morgan fingerprint density at radius 2 is 1.94 bits per heavy atom. The first-order valence-corrected chi connectivity index (χ1v) is 6.60. The van der Waals surface area contributed by atoms with Crippen molar-refractivity contribution in [3.63, 3.8) is 0 Å². The molecule has 0 aliphatic carbocycles. The number of rotatable bonds is 5. The van der Waals surface area contributed by atoms with E-state index < -0.39 is 0 Å². The molecule has 1 amide bonds. The molecule has 0 aromatic carbocycles. The number of carbonyl (C=O) groups excluding carboxylic acids is 1. The van der Waals surface area contributed by atoms with Crippen molar-refractivity contribution in [2.45, 2.75) is 46.2 Å². The number of aliphatic hydroxyl groups excluding tert-OH is 1. The zero-order valence-electron chi connectivity index (χ0n) is 11.5. The van der Waals surface area contributed by atoms with Gasteiger partial charge in [-0.3, -0.25) is 9.69 Å². The standard InChI is InChI=1S/C13H26N2O2/c1-10(2)15(11(3)4)13(17)8-14-6-5-12(7-14)9-16/h10-12,16H,5-9H2,1-4H3/t12-/m1/s1. The van der Waals surface area contributed by atoms with Gasteiger partial charge in [0.2, 0.25) is 5.91 Å². The summed E-state index contributed by atoms with van der Waals surface area (Å²) in [6.45, 7) is 10.7. The molecule has 0 spiro atoms. The predicted octanol–water partition coefficient (Wildman–Crippen LogP) is 0.946. The van der Waals surface area contributed by atoms with Gasteiger partial charge in [-0.1, -0.05) is 0 Å². The number of carbonyl (C=O) groups is 1. The lowest BCUT2D eigenvalue weighted by Gasteiger charge is -2.32. The number of aliphatic hydroxyl groups is 1. The molecular weight excluding hydrogens is 216 g/mol. The summed E-state index contributed by atoms with van der Waals surface area (Å²) in [4.78, 5) is 16.3. The van der Waals surface area contributed by atoms with Gasteiger partial charge in [0.05, 0.1) is 6.54 Å². The molecule has 0 radical (unpaired) electrons. The molecule has 1 N–H and O–H groups in total. The van der Waals surface area contributed by atoms with Crippen LogP contribution in [0.2, 0.25) is 0 Å². The van der Waals surface area contributed by atoms with Crippen LogP contribution in [0.5, 0.6) is 0 Å². The Bertz CT molecular complexity index is 246. The highest BCUT2D eigenvalue weighted by atomic mass is 16.3. The fourth-order valence-corrected chi connectivity index (χ4v) is 2.65. The van der Waals surface area contributed by atoms with Gasteiger partial charge < -0.3 is 10.0 Å². The minimum atomic E-state index is 0.202. The van der Waals surface area contributed by atoms with E-state index in [1.54, 1.807) is 0 Å². The van der Waals surface area contributed by atoms with Crippen molar-refractivity contribution < 1.29 is 9.90 Å². The molecule has 0 saturated carbocycles. The minimum absolute atomic E-state index is 0.202. The quantitative estimate of drug-likeness (QED) is 0.780. The molecule has 0 unspecified atom stereocenters. The van der Waals surface area contributed by atoms with Crippen molar-refractivity contribution >= 4 is 5.91 Å². The minimum Gasteiger partial charge on any atom is -0.396 e. The highest BCUT2D eigenvalue weighted by Crippen LogP contribution is 2.16. The SMILES string of the molecule is CC(C)N(C(=O)CN1CC[C@@H](CO)C1)C(C)C. The third-order valence-corrected chi connectivity index (χ3v) is 3.39. The summed E-state index contributed by atoms with van der Waals surface area (Å²) in [5.41, 5.74) is 0. The maximum Gasteiger partial charge on any atom is 0.237 e. The van der Waals surface area contributed by atoms with Crippen molar-refractivity contribution in [3.8, 4) is 0 Å². The first-order chi connectivity index (χ1) is 7.95. The summed E-state index contributed by atoms with van der Waals surface area (Å²) in [5.74, 6) is 0.558. The molecule has 1 aliphatic rings. The van der Waals surface area contributed by atoms with Crippen LogP contribution in [0.15, 0.2) is 0 Å². The van der Waals surface area contributed by atoms with Crippen LogP contribution in [0.4, 0.5) is 0 Å². The number of hydrogen-bond acceptors (Lipinski definition) is 3. The molecule has 100 valence electrons. The Labute approximate surface area is 105 Å². The largest absolute Gasteiger partial charge is 0.396 e. The first-order valence-electron chi connectivity index (χ1n) is 6.60. The number of amides is 1. The van der Waals surface area contributed by atoms with Gasteiger partial charge in [0.1, 0.15) is 0 Å². The predicted molar refractivity (Wildman–Crippen MR) is 68.8 cm³/mol. The van der Waals surface area contributed by atoms with Crippen molar-refractivity contribution in [1.82, 2.24) is 9.80 Å². The molecule has 17 heavy (non-hydrogen) atoms. The van der Waals surface area contributed by atoms with E-state index in [9.17, 15) is 4.79 Å². The summed E-state index contributed by atoms with van der Waals surface area (Å²) in [5, 5.41) is 9.08. The normalized spacial score (nSPS) is 21.5. The number of nitrogens with zero attached hydrogens (tertiary/aromatic N) is 2. The Morgan fingerprint density at radius 3 is 2.35 bits per heavy atom. The van der Waals surface area contributed by atoms with Crippen molar-refractivity contribution in [3.05, 3.63) is 0 Å². The topological polar surface area (TPSA) is 43.8 Å². The summed E-state index contributed by atoms with van der Waals surface area (Å²) in [7, 11) is 0. The van der Waals surface area contributed by atoms with Crippen LogP contribution in [0.3, 0.4) is 0 Å². The molecule has 4 nitrogen and oxygen atoms in total. The van der Waals surface area contributed by atoms with Crippen LogP contribution in [-0.4, -0.2) is 59.1 Å². The summed E-state index contributed by atoms with van der Waals surface area (Å²) < 4.78 is 0. The molecule has 1 heterocycles. The van der Waals surface area contributed by atoms with Gasteiger partial charge in [0.25, 0.3) is 0 Å².